The first-order chi connectivity index (χ1) is 8.33. The van der Waals surface area contributed by atoms with Crippen molar-refractivity contribution in [1.82, 2.24) is 0 Å². The highest BCUT2D eigenvalue weighted by Gasteiger charge is 2.12. The monoisotopic (exact) mass is 274 g/mol. The molecule has 0 aliphatic carbocycles. The summed E-state index contributed by atoms with van der Waals surface area (Å²) in [4.78, 5) is 11.2. The second-order valence-corrected chi connectivity index (χ2v) is 5.26. The van der Waals surface area contributed by atoms with Crippen molar-refractivity contribution in [2.24, 2.45) is 0 Å². The normalized spacial score (nSPS) is 13.1. The summed E-state index contributed by atoms with van der Waals surface area (Å²) in [5.74, 6) is -0.483. The lowest BCUT2D eigenvalue weighted by atomic mass is 10.1. The molecule has 0 bridgehead atoms. The van der Waals surface area contributed by atoms with Crippen LogP contribution in [0.4, 0.5) is 0 Å². The van der Waals surface area contributed by atoms with E-state index < -0.39 is 22.2 Å². The van der Waals surface area contributed by atoms with Gasteiger partial charge in [0.05, 0.1) is 25.5 Å². The van der Waals surface area contributed by atoms with Gasteiger partial charge in [-0.05, 0) is 17.7 Å². The molecule has 0 amide bonds. The second kappa shape index (κ2) is 5.94. The Morgan fingerprint density at radius 1 is 1.33 bits per heavy atom. The molecule has 0 fully saturated rings. The number of ether oxygens (including phenoxy) is 1. The quantitative estimate of drug-likeness (QED) is 0.620. The van der Waals surface area contributed by atoms with E-state index in [9.17, 15) is 18.3 Å². The Morgan fingerprint density at radius 2 is 1.89 bits per heavy atom. The smallest absolute Gasteiger partial charge is 0.337 e. The van der Waals surface area contributed by atoms with E-state index in [4.69, 9.17) is 0 Å². The van der Waals surface area contributed by atoms with Gasteiger partial charge in [0.25, 0.3) is 10.1 Å². The molecule has 1 N–H and O–H groups in total. The Morgan fingerprint density at radius 3 is 2.33 bits per heavy atom. The molecule has 0 spiro atoms. The molecule has 6 nitrogen and oxygen atoms in total. The van der Waals surface area contributed by atoms with Crippen LogP contribution in [-0.4, -0.2) is 39.5 Å². The maximum Gasteiger partial charge on any atom is 0.337 e. The predicted octanol–water partition coefficient (Wildman–Crippen LogP) is 0.483. The van der Waals surface area contributed by atoms with Crippen LogP contribution in [0, 0.1) is 0 Å². The van der Waals surface area contributed by atoms with Gasteiger partial charge in [-0.1, -0.05) is 12.1 Å². The summed E-state index contributed by atoms with van der Waals surface area (Å²) in [5, 5.41) is 9.66. The fourth-order valence-electron chi connectivity index (χ4n) is 1.24. The first-order valence-electron chi connectivity index (χ1n) is 5.04. The van der Waals surface area contributed by atoms with Crippen LogP contribution in [0.15, 0.2) is 24.3 Å². The average Bonchev–Trinajstić information content (AvgIpc) is 2.34. The first kappa shape index (κ1) is 14.6. The van der Waals surface area contributed by atoms with Gasteiger partial charge in [0, 0.05) is 0 Å². The molecule has 0 radical (unpaired) electrons. The molecular formula is C11H14O6S. The summed E-state index contributed by atoms with van der Waals surface area (Å²) in [7, 11) is -2.32. The molecule has 7 heteroatoms. The van der Waals surface area contributed by atoms with Gasteiger partial charge < -0.3 is 9.84 Å². The van der Waals surface area contributed by atoms with Crippen LogP contribution in [0.3, 0.4) is 0 Å². The van der Waals surface area contributed by atoms with Crippen molar-refractivity contribution in [3.05, 3.63) is 35.4 Å². The zero-order valence-electron chi connectivity index (χ0n) is 9.99. The Balaban J connectivity index is 2.70. The third kappa shape index (κ3) is 4.44. The second-order valence-electron chi connectivity index (χ2n) is 3.62. The molecule has 1 atom stereocenters. The molecule has 0 aromatic heterocycles. The van der Waals surface area contributed by atoms with E-state index in [0.29, 0.717) is 11.1 Å². The number of aliphatic hydroxyl groups excluding tert-OH is 1. The standard InChI is InChI=1S/C11H14O6S/c1-16-11(13)9-5-3-8(4-6-9)10(12)7-17-18(2,14)15/h3-6,10,12H,7H2,1-2H3/t10-/m1/s1. The number of aliphatic hydroxyl groups is 1. The number of methoxy groups -OCH3 is 1. The lowest BCUT2D eigenvalue weighted by molar-refractivity contribution is 0.0600. The van der Waals surface area contributed by atoms with Crippen LogP contribution in [0.2, 0.25) is 0 Å². The average molecular weight is 274 g/mol. The topological polar surface area (TPSA) is 89.9 Å². The van der Waals surface area contributed by atoms with Crippen LogP contribution in [-0.2, 0) is 19.0 Å². The number of rotatable bonds is 5. The molecule has 0 saturated heterocycles. The Labute approximate surface area is 105 Å². The van der Waals surface area contributed by atoms with Gasteiger partial charge in [-0.25, -0.2) is 4.79 Å². The van der Waals surface area contributed by atoms with E-state index in [1.165, 1.54) is 31.4 Å². The van der Waals surface area contributed by atoms with E-state index in [2.05, 4.69) is 8.92 Å². The van der Waals surface area contributed by atoms with Gasteiger partial charge in [0.1, 0.15) is 6.10 Å². The SMILES string of the molecule is COC(=O)c1ccc([C@H](O)COS(C)(=O)=O)cc1. The van der Waals surface area contributed by atoms with Crippen molar-refractivity contribution in [1.29, 1.82) is 0 Å². The maximum absolute atomic E-state index is 11.2. The van der Waals surface area contributed by atoms with Crippen molar-refractivity contribution in [3.8, 4) is 0 Å². The minimum Gasteiger partial charge on any atom is -0.465 e. The van der Waals surface area contributed by atoms with Crippen molar-refractivity contribution in [2.45, 2.75) is 6.10 Å². The van der Waals surface area contributed by atoms with Gasteiger partial charge in [-0.15, -0.1) is 0 Å². The van der Waals surface area contributed by atoms with Crippen LogP contribution in [0.25, 0.3) is 0 Å². The van der Waals surface area contributed by atoms with Crippen LogP contribution < -0.4 is 0 Å². The zero-order chi connectivity index (χ0) is 13.8. The predicted molar refractivity (Wildman–Crippen MR) is 63.5 cm³/mol. The minimum absolute atomic E-state index is 0.345. The van der Waals surface area contributed by atoms with E-state index in [-0.39, 0.29) is 6.61 Å². The molecule has 1 aromatic carbocycles. The summed E-state index contributed by atoms with van der Waals surface area (Å²) < 4.78 is 30.5. The van der Waals surface area contributed by atoms with E-state index in [1.54, 1.807) is 0 Å². The lowest BCUT2D eigenvalue weighted by Gasteiger charge is -2.10. The Hall–Kier alpha value is -1.44. The summed E-state index contributed by atoms with van der Waals surface area (Å²) >= 11 is 0. The number of hydrogen-bond donors (Lipinski definition) is 1. The largest absolute Gasteiger partial charge is 0.465 e. The molecular weight excluding hydrogens is 260 g/mol. The van der Waals surface area contributed by atoms with Crippen LogP contribution in [0.5, 0.6) is 0 Å². The van der Waals surface area contributed by atoms with Gasteiger partial charge in [0.15, 0.2) is 0 Å². The van der Waals surface area contributed by atoms with Crippen molar-refractivity contribution < 1.29 is 27.2 Å². The molecule has 0 unspecified atom stereocenters. The van der Waals surface area contributed by atoms with Crippen LogP contribution in [0.1, 0.15) is 22.0 Å². The van der Waals surface area contributed by atoms with E-state index in [1.807, 2.05) is 0 Å². The maximum atomic E-state index is 11.2. The van der Waals surface area contributed by atoms with Gasteiger partial charge in [-0.2, -0.15) is 8.42 Å². The summed E-state index contributed by atoms with van der Waals surface area (Å²) in [6.45, 7) is -0.365. The highest BCUT2D eigenvalue weighted by molar-refractivity contribution is 7.85. The van der Waals surface area contributed by atoms with Crippen LogP contribution >= 0.6 is 0 Å². The fourth-order valence-corrected chi connectivity index (χ4v) is 1.62. The first-order valence-corrected chi connectivity index (χ1v) is 6.86. The zero-order valence-corrected chi connectivity index (χ0v) is 10.8. The Kier molecular flexibility index (Phi) is 4.83. The van der Waals surface area contributed by atoms with Gasteiger partial charge >= 0.3 is 5.97 Å². The van der Waals surface area contributed by atoms with Crippen molar-refractivity contribution in [3.63, 3.8) is 0 Å². The van der Waals surface area contributed by atoms with Gasteiger partial charge in [-0.3, -0.25) is 4.18 Å². The third-order valence-electron chi connectivity index (χ3n) is 2.16. The number of carbonyl (C=O) groups excluding carboxylic acids is 1. The summed E-state index contributed by atoms with van der Waals surface area (Å²) in [6.07, 6.45) is -0.175. The molecule has 0 aliphatic heterocycles. The highest BCUT2D eigenvalue weighted by Crippen LogP contribution is 2.15. The van der Waals surface area contributed by atoms with Gasteiger partial charge in [0.2, 0.25) is 0 Å². The van der Waals surface area contributed by atoms with Crippen molar-refractivity contribution >= 4 is 16.1 Å². The molecule has 100 valence electrons. The lowest BCUT2D eigenvalue weighted by Crippen LogP contribution is -2.12. The number of carbonyl (C=O) groups is 1. The molecule has 18 heavy (non-hydrogen) atoms. The van der Waals surface area contributed by atoms with Crippen molar-refractivity contribution in [2.75, 3.05) is 20.0 Å². The molecule has 1 rings (SSSR count). The van der Waals surface area contributed by atoms with E-state index in [0.717, 1.165) is 6.26 Å². The number of benzene rings is 1. The highest BCUT2D eigenvalue weighted by atomic mass is 32.2. The molecule has 1 aromatic rings. The summed E-state index contributed by atoms with van der Waals surface area (Å²) in [5.41, 5.74) is 0.795. The number of hydrogen-bond acceptors (Lipinski definition) is 6. The minimum atomic E-state index is -3.59. The summed E-state index contributed by atoms with van der Waals surface area (Å²) in [6, 6.07) is 5.96. The van der Waals surface area contributed by atoms with E-state index >= 15 is 0 Å². The third-order valence-corrected chi connectivity index (χ3v) is 2.72. The fraction of sp³-hybridized carbons (Fsp3) is 0.364. The number of esters is 1. The Bertz CT molecular complexity index is 505. The molecule has 0 saturated carbocycles. The molecule has 0 heterocycles. The molecule has 0 aliphatic rings.